The Morgan fingerprint density at radius 3 is 2.51 bits per heavy atom. The number of nitriles is 1. The van der Waals surface area contributed by atoms with Crippen molar-refractivity contribution in [3.05, 3.63) is 136 Å². The normalized spacial score (nSPS) is 12.8. The summed E-state index contributed by atoms with van der Waals surface area (Å²) in [5.74, 6) is -2.92. The van der Waals surface area contributed by atoms with Crippen LogP contribution in [0.3, 0.4) is 0 Å². The minimum Gasteiger partial charge on any atom is -0.373 e. The van der Waals surface area contributed by atoms with Gasteiger partial charge in [-0.1, -0.05) is 59.3 Å². The van der Waals surface area contributed by atoms with E-state index in [2.05, 4.69) is 30.9 Å². The third-order valence-electron chi connectivity index (χ3n) is 6.50. The predicted molar refractivity (Wildman–Crippen MR) is 156 cm³/mol. The molecule has 212 valence electrons. The number of hydrogen-bond acceptors (Lipinski definition) is 7. The van der Waals surface area contributed by atoms with Gasteiger partial charge in [0.05, 0.1) is 53.8 Å². The van der Waals surface area contributed by atoms with Gasteiger partial charge < -0.3 is 10.6 Å². The predicted octanol–water partition coefficient (Wildman–Crippen LogP) is 7.16. The van der Waals surface area contributed by atoms with Gasteiger partial charge in [-0.15, -0.1) is 5.10 Å². The van der Waals surface area contributed by atoms with Gasteiger partial charge in [0.1, 0.15) is 17.6 Å². The van der Waals surface area contributed by atoms with E-state index >= 15 is 0 Å². The molecule has 1 atom stereocenters. The molecular weight excluding hydrogens is 577 g/mol. The van der Waals surface area contributed by atoms with Crippen molar-refractivity contribution >= 4 is 39.6 Å². The first-order chi connectivity index (χ1) is 21.2. The Kier molecular flexibility index (Phi) is 7.25. The van der Waals surface area contributed by atoms with Crippen molar-refractivity contribution in [2.75, 3.05) is 10.6 Å². The molecule has 3 heterocycles. The maximum Gasteiger partial charge on any atom is 0.249 e. The van der Waals surface area contributed by atoms with Crippen LogP contribution in [0.4, 0.5) is 30.2 Å². The third-order valence-corrected chi connectivity index (χ3v) is 6.78. The Morgan fingerprint density at radius 1 is 0.977 bits per heavy atom. The van der Waals surface area contributed by atoms with Crippen molar-refractivity contribution in [1.82, 2.24) is 25.0 Å². The Hall–Kier alpha value is -5.47. The summed E-state index contributed by atoms with van der Waals surface area (Å²) in [5, 5.41) is 24.9. The van der Waals surface area contributed by atoms with Gasteiger partial charge in [-0.2, -0.15) is 9.65 Å². The maximum atomic E-state index is 13.9. The van der Waals surface area contributed by atoms with E-state index in [0.29, 0.717) is 28.7 Å². The van der Waals surface area contributed by atoms with Gasteiger partial charge in [-0.3, -0.25) is 4.98 Å². The standard InChI is InChI=1S/C31H20ClF3N8/c32-25-11-22(10-24-28(20(13-36)14-37-30(24)25)40-23-12-26(34)31(35)38-15-23)39-29(19-6-8-21(33)9-7-19)27-17-43(42-41-27)16-18-4-2-1-3-5-18/h1-12,14-15,17,29,39H,16H2,(H,37,40)/t29-/m0/s1/i29D. The van der Waals surface area contributed by atoms with E-state index in [1.54, 1.807) is 23.0 Å². The summed E-state index contributed by atoms with van der Waals surface area (Å²) in [7, 11) is 0. The minimum atomic E-state index is -1.78. The molecule has 6 aromatic rings. The molecule has 0 bridgehead atoms. The first-order valence-electron chi connectivity index (χ1n) is 13.3. The molecular formula is C31H20ClF3N8. The summed E-state index contributed by atoms with van der Waals surface area (Å²) in [6, 6.07) is 19.3. The number of fused-ring (bicyclic) bond motifs is 1. The number of benzene rings is 3. The molecule has 0 aliphatic carbocycles. The van der Waals surface area contributed by atoms with Gasteiger partial charge >= 0.3 is 0 Å². The van der Waals surface area contributed by atoms with Crippen LogP contribution in [0, 0.1) is 28.9 Å². The first-order valence-corrected chi connectivity index (χ1v) is 13.2. The number of pyridine rings is 2. The quantitative estimate of drug-likeness (QED) is 0.179. The zero-order chi connectivity index (χ0) is 30.8. The zero-order valence-electron chi connectivity index (χ0n) is 23.1. The topological polar surface area (TPSA) is 104 Å². The van der Waals surface area contributed by atoms with E-state index in [9.17, 15) is 19.8 Å². The van der Waals surface area contributed by atoms with E-state index in [1.807, 2.05) is 36.4 Å². The third kappa shape index (κ3) is 5.95. The first kappa shape index (κ1) is 26.4. The van der Waals surface area contributed by atoms with Crippen molar-refractivity contribution in [3.63, 3.8) is 0 Å². The summed E-state index contributed by atoms with van der Waals surface area (Å²) in [4.78, 5) is 7.69. The summed E-state index contributed by atoms with van der Waals surface area (Å²) >= 11 is 6.64. The van der Waals surface area contributed by atoms with Gasteiger partial charge in [0.2, 0.25) is 5.95 Å². The fourth-order valence-corrected chi connectivity index (χ4v) is 4.76. The van der Waals surface area contributed by atoms with E-state index in [4.69, 9.17) is 11.6 Å². The van der Waals surface area contributed by atoms with Crippen LogP contribution in [-0.2, 0) is 6.54 Å². The molecule has 0 fully saturated rings. The van der Waals surface area contributed by atoms with Crippen LogP contribution in [0.25, 0.3) is 10.9 Å². The largest absolute Gasteiger partial charge is 0.373 e. The van der Waals surface area contributed by atoms with Gasteiger partial charge in [0.25, 0.3) is 0 Å². The van der Waals surface area contributed by atoms with E-state index in [0.717, 1.165) is 17.8 Å². The summed E-state index contributed by atoms with van der Waals surface area (Å²) in [6.45, 7) is 0.408. The van der Waals surface area contributed by atoms with Crippen LogP contribution in [0.5, 0.6) is 0 Å². The molecule has 0 unspecified atom stereocenters. The highest BCUT2D eigenvalue weighted by Crippen LogP contribution is 2.36. The lowest BCUT2D eigenvalue weighted by atomic mass is 10.0. The van der Waals surface area contributed by atoms with Crippen molar-refractivity contribution < 1.29 is 14.5 Å². The van der Waals surface area contributed by atoms with Crippen molar-refractivity contribution in [2.45, 2.75) is 12.6 Å². The minimum absolute atomic E-state index is 0.0820. The number of hydrogen-bond donors (Lipinski definition) is 2. The van der Waals surface area contributed by atoms with Gasteiger partial charge in [-0.25, -0.2) is 18.4 Å². The molecule has 2 N–H and O–H groups in total. The number of rotatable bonds is 8. The second-order valence-electron chi connectivity index (χ2n) is 9.43. The molecule has 0 radical (unpaired) electrons. The fraction of sp³-hybridized carbons (Fsp3) is 0.0645. The molecule has 0 aliphatic heterocycles. The van der Waals surface area contributed by atoms with E-state index in [-0.39, 0.29) is 27.7 Å². The Labute approximate surface area is 249 Å². The number of nitrogens with one attached hydrogen (secondary N) is 2. The number of halogens is 4. The summed E-state index contributed by atoms with van der Waals surface area (Å²) < 4.78 is 52.4. The highest BCUT2D eigenvalue weighted by atomic mass is 35.5. The van der Waals surface area contributed by atoms with E-state index in [1.165, 1.54) is 30.5 Å². The van der Waals surface area contributed by atoms with Crippen LogP contribution < -0.4 is 10.6 Å². The fourth-order valence-electron chi connectivity index (χ4n) is 4.49. The number of anilines is 3. The van der Waals surface area contributed by atoms with Crippen LogP contribution in [0.2, 0.25) is 5.02 Å². The number of nitrogens with zero attached hydrogens (tertiary/aromatic N) is 6. The molecule has 6 rings (SSSR count). The molecule has 0 saturated carbocycles. The molecule has 3 aromatic carbocycles. The molecule has 0 amide bonds. The van der Waals surface area contributed by atoms with Gasteiger partial charge in [0, 0.05) is 23.3 Å². The molecule has 0 saturated heterocycles. The van der Waals surface area contributed by atoms with Crippen LogP contribution >= 0.6 is 11.6 Å². The Balaban J connectivity index is 1.44. The van der Waals surface area contributed by atoms with Crippen molar-refractivity contribution in [1.29, 1.82) is 5.26 Å². The van der Waals surface area contributed by atoms with Crippen molar-refractivity contribution in [2.24, 2.45) is 0 Å². The van der Waals surface area contributed by atoms with Crippen LogP contribution in [-0.4, -0.2) is 25.0 Å². The zero-order valence-corrected chi connectivity index (χ0v) is 22.8. The SMILES string of the molecule is [2H][C@](Nc1cc(Cl)c2ncc(C#N)c(Nc3cnc(F)c(F)c3)c2c1)(c1ccc(F)cc1)c1cn(Cc2ccccc2)nn1. The molecule has 12 heteroatoms. The Bertz CT molecular complexity index is 2030. The highest BCUT2D eigenvalue weighted by Gasteiger charge is 2.21. The lowest BCUT2D eigenvalue weighted by Gasteiger charge is -2.20. The maximum absolute atomic E-state index is 13.9. The van der Waals surface area contributed by atoms with Crippen LogP contribution in [0.15, 0.2) is 91.4 Å². The average Bonchev–Trinajstić information content (AvgIpc) is 3.49. The monoisotopic (exact) mass is 597 g/mol. The molecule has 8 nitrogen and oxygen atoms in total. The molecule has 3 aromatic heterocycles. The second kappa shape index (κ2) is 11.8. The summed E-state index contributed by atoms with van der Waals surface area (Å²) in [5.41, 5.74) is 2.56. The molecule has 0 aliphatic rings. The lowest BCUT2D eigenvalue weighted by molar-refractivity contribution is 0.480. The lowest BCUT2D eigenvalue weighted by Crippen LogP contribution is -2.13. The second-order valence-corrected chi connectivity index (χ2v) is 9.84. The van der Waals surface area contributed by atoms with Crippen LogP contribution in [0.1, 0.15) is 29.8 Å². The van der Waals surface area contributed by atoms with Gasteiger partial charge in [0.15, 0.2) is 5.82 Å². The average molecular weight is 598 g/mol. The van der Waals surface area contributed by atoms with Gasteiger partial charge in [-0.05, 0) is 35.4 Å². The van der Waals surface area contributed by atoms with E-state index < -0.39 is 23.6 Å². The van der Waals surface area contributed by atoms with Crippen molar-refractivity contribution in [3.8, 4) is 6.07 Å². The molecule has 43 heavy (non-hydrogen) atoms. The molecule has 0 spiro atoms. The number of aromatic nitrogens is 5. The smallest absolute Gasteiger partial charge is 0.249 e. The summed E-state index contributed by atoms with van der Waals surface area (Å²) in [6.07, 6.45) is 4.00. The Morgan fingerprint density at radius 2 is 1.77 bits per heavy atom. The highest BCUT2D eigenvalue weighted by molar-refractivity contribution is 6.36.